The summed E-state index contributed by atoms with van der Waals surface area (Å²) in [5.74, 6) is -0.179. The van der Waals surface area contributed by atoms with E-state index >= 15 is 0 Å². The molecule has 0 saturated heterocycles. The van der Waals surface area contributed by atoms with Crippen molar-refractivity contribution in [3.8, 4) is 5.75 Å². The van der Waals surface area contributed by atoms with Gasteiger partial charge >= 0.3 is 6.61 Å². The first kappa shape index (κ1) is 13.7. The van der Waals surface area contributed by atoms with Gasteiger partial charge in [0.25, 0.3) is 0 Å². The highest BCUT2D eigenvalue weighted by atomic mass is 19.3. The fourth-order valence-electron chi connectivity index (χ4n) is 2.69. The predicted molar refractivity (Wildman–Crippen MR) is 75.0 cm³/mol. The van der Waals surface area contributed by atoms with Crippen LogP contribution in [0.5, 0.6) is 5.75 Å². The topological polar surface area (TPSA) is 26.3 Å². The van der Waals surface area contributed by atoms with Crippen LogP contribution in [-0.4, -0.2) is 12.4 Å². The third-order valence-electron chi connectivity index (χ3n) is 3.68. The van der Waals surface area contributed by atoms with Crippen molar-refractivity contribution in [1.29, 1.82) is 0 Å². The number of benzene rings is 2. The second-order valence-electron chi connectivity index (χ2n) is 5.07. The van der Waals surface area contributed by atoms with E-state index in [0.717, 1.165) is 19.3 Å². The Bertz CT molecular complexity index is 680. The molecule has 0 saturated carbocycles. The van der Waals surface area contributed by atoms with Crippen molar-refractivity contribution in [3.05, 3.63) is 64.7 Å². The minimum atomic E-state index is -2.89. The Balaban J connectivity index is 1.88. The number of carbonyl (C=O) groups excluding carboxylic acids is 1. The Morgan fingerprint density at radius 2 is 1.76 bits per heavy atom. The van der Waals surface area contributed by atoms with Crippen LogP contribution >= 0.6 is 0 Å². The molecule has 2 nitrogen and oxygen atoms in total. The molecule has 2 aromatic carbocycles. The van der Waals surface area contributed by atoms with Gasteiger partial charge in [-0.15, -0.1) is 0 Å². The van der Waals surface area contributed by atoms with Crippen molar-refractivity contribution in [3.63, 3.8) is 0 Å². The number of alkyl halides is 2. The fraction of sp³-hybridized carbons (Fsp3) is 0.235. The number of hydrogen-bond donors (Lipinski definition) is 0. The molecule has 1 aliphatic rings. The molecular formula is C17H14F2O2. The molecule has 108 valence electrons. The number of aryl methyl sites for hydroxylation is 2. The van der Waals surface area contributed by atoms with E-state index in [4.69, 9.17) is 0 Å². The van der Waals surface area contributed by atoms with Crippen molar-refractivity contribution in [2.45, 2.75) is 25.9 Å². The van der Waals surface area contributed by atoms with Crippen molar-refractivity contribution in [2.24, 2.45) is 0 Å². The number of ether oxygens (including phenoxy) is 1. The summed E-state index contributed by atoms with van der Waals surface area (Å²) in [7, 11) is 0. The molecule has 0 radical (unpaired) electrons. The van der Waals surface area contributed by atoms with Gasteiger partial charge in [0.05, 0.1) is 0 Å². The zero-order valence-corrected chi connectivity index (χ0v) is 11.3. The quantitative estimate of drug-likeness (QED) is 0.795. The van der Waals surface area contributed by atoms with Crippen LogP contribution < -0.4 is 4.74 Å². The molecule has 1 aliphatic carbocycles. The smallest absolute Gasteiger partial charge is 0.387 e. The van der Waals surface area contributed by atoms with Gasteiger partial charge in [-0.25, -0.2) is 0 Å². The summed E-state index contributed by atoms with van der Waals surface area (Å²) >= 11 is 0. The van der Waals surface area contributed by atoms with Gasteiger partial charge in [0, 0.05) is 11.1 Å². The van der Waals surface area contributed by atoms with Crippen LogP contribution in [0.3, 0.4) is 0 Å². The largest absolute Gasteiger partial charge is 0.435 e. The molecule has 0 amide bonds. The average molecular weight is 288 g/mol. The average Bonchev–Trinajstić information content (AvgIpc) is 2.93. The lowest BCUT2D eigenvalue weighted by Gasteiger charge is -2.07. The van der Waals surface area contributed by atoms with Gasteiger partial charge in [-0.3, -0.25) is 4.79 Å². The van der Waals surface area contributed by atoms with Crippen molar-refractivity contribution in [1.82, 2.24) is 0 Å². The number of fused-ring (bicyclic) bond motifs is 1. The van der Waals surface area contributed by atoms with Crippen LogP contribution in [0.2, 0.25) is 0 Å². The van der Waals surface area contributed by atoms with Crippen molar-refractivity contribution >= 4 is 5.78 Å². The first-order valence-electron chi connectivity index (χ1n) is 6.85. The molecule has 21 heavy (non-hydrogen) atoms. The molecule has 0 aliphatic heterocycles. The molecule has 0 atom stereocenters. The first-order chi connectivity index (χ1) is 10.1. The SMILES string of the molecule is O=C(c1cccc(OC(F)F)c1)c1ccc2c(c1)CCC2. The monoisotopic (exact) mass is 288 g/mol. The van der Waals surface area contributed by atoms with E-state index < -0.39 is 6.61 Å². The Morgan fingerprint density at radius 1 is 1.00 bits per heavy atom. The fourth-order valence-corrected chi connectivity index (χ4v) is 2.69. The maximum atomic E-state index is 12.4. The van der Waals surface area contributed by atoms with E-state index in [1.807, 2.05) is 12.1 Å². The molecule has 0 aromatic heterocycles. The summed E-state index contributed by atoms with van der Waals surface area (Å²) in [5, 5.41) is 0. The highest BCUT2D eigenvalue weighted by molar-refractivity contribution is 6.09. The van der Waals surface area contributed by atoms with Gasteiger partial charge in [0.1, 0.15) is 5.75 Å². The Labute approximate surface area is 121 Å². The van der Waals surface area contributed by atoms with E-state index in [-0.39, 0.29) is 11.5 Å². The van der Waals surface area contributed by atoms with Gasteiger partial charge < -0.3 is 4.74 Å². The number of hydrogen-bond acceptors (Lipinski definition) is 2. The van der Waals surface area contributed by atoms with E-state index in [1.54, 1.807) is 12.1 Å². The molecular weight excluding hydrogens is 274 g/mol. The van der Waals surface area contributed by atoms with Gasteiger partial charge in [-0.2, -0.15) is 8.78 Å². The highest BCUT2D eigenvalue weighted by Crippen LogP contribution is 2.25. The predicted octanol–water partition coefficient (Wildman–Crippen LogP) is 4.01. The summed E-state index contributed by atoms with van der Waals surface area (Å²) in [6.45, 7) is -2.89. The number of halogens is 2. The molecule has 4 heteroatoms. The summed E-state index contributed by atoms with van der Waals surface area (Å²) in [6.07, 6.45) is 3.16. The zero-order valence-electron chi connectivity index (χ0n) is 11.3. The van der Waals surface area contributed by atoms with E-state index in [9.17, 15) is 13.6 Å². The molecule has 0 spiro atoms. The standard InChI is InChI=1S/C17H14F2O2/c18-17(19)21-15-6-2-5-13(10-15)16(20)14-8-7-11-3-1-4-12(11)9-14/h2,5-10,17H,1,3-4H2. The van der Waals surface area contributed by atoms with Crippen LogP contribution in [0, 0.1) is 0 Å². The number of rotatable bonds is 4. The first-order valence-corrected chi connectivity index (χ1v) is 6.85. The molecule has 0 N–H and O–H groups in total. The van der Waals surface area contributed by atoms with E-state index in [2.05, 4.69) is 4.74 Å². The number of carbonyl (C=O) groups is 1. The lowest BCUT2D eigenvalue weighted by molar-refractivity contribution is -0.0498. The molecule has 0 heterocycles. The second kappa shape index (κ2) is 5.64. The van der Waals surface area contributed by atoms with Crippen LogP contribution in [0.4, 0.5) is 8.78 Å². The van der Waals surface area contributed by atoms with Crippen molar-refractivity contribution < 1.29 is 18.3 Å². The van der Waals surface area contributed by atoms with Gasteiger partial charge in [0.15, 0.2) is 5.78 Å². The molecule has 2 aromatic rings. The minimum absolute atomic E-state index is 0.00277. The minimum Gasteiger partial charge on any atom is -0.435 e. The zero-order chi connectivity index (χ0) is 14.8. The van der Waals surface area contributed by atoms with Gasteiger partial charge in [-0.1, -0.05) is 24.3 Å². The molecule has 3 rings (SSSR count). The summed E-state index contributed by atoms with van der Waals surface area (Å²) in [6, 6.07) is 11.6. The highest BCUT2D eigenvalue weighted by Gasteiger charge is 2.16. The third kappa shape index (κ3) is 2.94. The van der Waals surface area contributed by atoms with E-state index in [1.165, 1.54) is 29.3 Å². The summed E-state index contributed by atoms with van der Waals surface area (Å²) in [4.78, 5) is 12.4. The van der Waals surface area contributed by atoms with Crippen LogP contribution in [-0.2, 0) is 12.8 Å². The molecule has 0 bridgehead atoms. The van der Waals surface area contributed by atoms with Crippen molar-refractivity contribution in [2.75, 3.05) is 0 Å². The summed E-state index contributed by atoms with van der Waals surface area (Å²) in [5.41, 5.74) is 3.44. The Hall–Kier alpha value is -2.23. The second-order valence-corrected chi connectivity index (χ2v) is 5.07. The maximum Gasteiger partial charge on any atom is 0.387 e. The lowest BCUT2D eigenvalue weighted by Crippen LogP contribution is -2.05. The number of ketones is 1. The Kier molecular flexibility index (Phi) is 3.69. The normalized spacial score (nSPS) is 13.3. The molecule has 0 fully saturated rings. The third-order valence-corrected chi connectivity index (χ3v) is 3.68. The molecule has 0 unspecified atom stereocenters. The van der Waals surface area contributed by atoms with E-state index in [0.29, 0.717) is 11.1 Å². The van der Waals surface area contributed by atoms with Gasteiger partial charge in [-0.05, 0) is 48.6 Å². The summed E-state index contributed by atoms with van der Waals surface area (Å²) < 4.78 is 28.8. The maximum absolute atomic E-state index is 12.4. The van der Waals surface area contributed by atoms with Gasteiger partial charge in [0.2, 0.25) is 0 Å². The Morgan fingerprint density at radius 3 is 2.57 bits per heavy atom. The lowest BCUT2D eigenvalue weighted by atomic mass is 9.99. The van der Waals surface area contributed by atoms with Crippen LogP contribution in [0.15, 0.2) is 42.5 Å². The van der Waals surface area contributed by atoms with Crippen LogP contribution in [0.25, 0.3) is 0 Å². The van der Waals surface area contributed by atoms with Crippen LogP contribution in [0.1, 0.15) is 33.5 Å².